The fourth-order valence-corrected chi connectivity index (χ4v) is 1.70. The van der Waals surface area contributed by atoms with Crippen LogP contribution in [0.5, 0.6) is 0 Å². The first kappa shape index (κ1) is 11.5. The van der Waals surface area contributed by atoms with Crippen LogP contribution in [0, 0.1) is 6.92 Å². The summed E-state index contributed by atoms with van der Waals surface area (Å²) in [5, 5.41) is 0.431. The lowest BCUT2D eigenvalue weighted by Crippen LogP contribution is -2.32. The smallest absolute Gasteiger partial charge is 0.326 e. The number of H-pyrrole nitrogens is 1. The average Bonchev–Trinajstić information content (AvgIpc) is 2.68. The van der Waals surface area contributed by atoms with E-state index < -0.39 is 6.03 Å². The highest BCUT2D eigenvalue weighted by atomic mass is 35.5. The van der Waals surface area contributed by atoms with E-state index in [0.717, 1.165) is 5.69 Å². The van der Waals surface area contributed by atoms with Crippen LogP contribution in [0.3, 0.4) is 0 Å². The molecule has 0 spiro atoms. The van der Waals surface area contributed by atoms with Crippen LogP contribution < -0.4 is 10.6 Å². The van der Waals surface area contributed by atoms with Gasteiger partial charge in [-0.2, -0.15) is 0 Å². The van der Waals surface area contributed by atoms with Crippen LogP contribution in [0.2, 0.25) is 5.02 Å². The number of aryl methyl sites for hydroxylation is 1. The Balaban J connectivity index is 2.50. The maximum atomic E-state index is 11.5. The molecule has 3 N–H and O–H groups in total. The van der Waals surface area contributed by atoms with Crippen LogP contribution in [-0.4, -0.2) is 16.0 Å². The molecule has 0 radical (unpaired) electrons. The third-order valence-electron chi connectivity index (χ3n) is 2.22. The summed E-state index contributed by atoms with van der Waals surface area (Å²) >= 11 is 6.03. The molecular weight excluding hydrogens is 240 g/mol. The van der Waals surface area contributed by atoms with Gasteiger partial charge in [-0.25, -0.2) is 14.7 Å². The molecule has 0 atom stereocenters. The summed E-state index contributed by atoms with van der Waals surface area (Å²) < 4.78 is 0. The number of nitrogens with zero attached hydrogens (tertiary/aromatic N) is 2. The summed E-state index contributed by atoms with van der Waals surface area (Å²) in [6.07, 6.45) is 1.61. The van der Waals surface area contributed by atoms with Crippen LogP contribution in [0.25, 0.3) is 0 Å². The van der Waals surface area contributed by atoms with Crippen molar-refractivity contribution in [1.82, 2.24) is 9.97 Å². The molecule has 88 valence electrons. The Labute approximate surface area is 103 Å². The quantitative estimate of drug-likeness (QED) is 0.860. The molecule has 0 aliphatic carbocycles. The summed E-state index contributed by atoms with van der Waals surface area (Å²) in [6, 6.07) is 6.28. The van der Waals surface area contributed by atoms with Crippen molar-refractivity contribution >= 4 is 29.3 Å². The summed E-state index contributed by atoms with van der Waals surface area (Å²) in [7, 11) is 0. The number of carbonyl (C=O) groups excluding carboxylic acids is 1. The molecule has 0 saturated carbocycles. The number of primary amides is 1. The van der Waals surface area contributed by atoms with E-state index >= 15 is 0 Å². The van der Waals surface area contributed by atoms with Gasteiger partial charge in [-0.05, 0) is 19.1 Å². The predicted octanol–water partition coefficient (Wildman–Crippen LogP) is 2.59. The fourth-order valence-electron chi connectivity index (χ4n) is 1.48. The first-order valence-electron chi connectivity index (χ1n) is 4.95. The Morgan fingerprint density at radius 2 is 2.18 bits per heavy atom. The lowest BCUT2D eigenvalue weighted by Gasteiger charge is -2.18. The number of anilines is 2. The number of imidazole rings is 1. The minimum absolute atomic E-state index is 0.350. The fraction of sp³-hybridized carbons (Fsp3) is 0.0909. The lowest BCUT2D eigenvalue weighted by molar-refractivity contribution is 0.256. The number of para-hydroxylation sites is 1. The number of halogens is 1. The molecule has 5 nitrogen and oxygen atoms in total. The van der Waals surface area contributed by atoms with Crippen molar-refractivity contribution in [3.05, 3.63) is 41.2 Å². The number of amides is 2. The van der Waals surface area contributed by atoms with E-state index in [2.05, 4.69) is 9.97 Å². The van der Waals surface area contributed by atoms with E-state index in [-0.39, 0.29) is 0 Å². The summed E-state index contributed by atoms with van der Waals surface area (Å²) in [6.45, 7) is 1.84. The number of carbonyl (C=O) groups is 1. The second-order valence-corrected chi connectivity index (χ2v) is 3.92. The first-order chi connectivity index (χ1) is 8.09. The zero-order valence-electron chi connectivity index (χ0n) is 9.14. The highest BCUT2D eigenvalue weighted by Gasteiger charge is 2.19. The van der Waals surface area contributed by atoms with Gasteiger partial charge in [-0.15, -0.1) is 0 Å². The van der Waals surface area contributed by atoms with Crippen molar-refractivity contribution in [3.63, 3.8) is 0 Å². The lowest BCUT2D eigenvalue weighted by atomic mass is 10.3. The van der Waals surface area contributed by atoms with Crippen molar-refractivity contribution in [2.75, 3.05) is 4.90 Å². The van der Waals surface area contributed by atoms with Crippen molar-refractivity contribution in [2.24, 2.45) is 5.73 Å². The van der Waals surface area contributed by atoms with Gasteiger partial charge in [0.25, 0.3) is 0 Å². The Morgan fingerprint density at radius 1 is 1.47 bits per heavy atom. The maximum Gasteiger partial charge on any atom is 0.326 e. The van der Waals surface area contributed by atoms with Gasteiger partial charge in [0.15, 0.2) is 0 Å². The number of nitrogens with one attached hydrogen (secondary N) is 1. The number of benzene rings is 1. The SMILES string of the molecule is Cc1cnc(N(C(N)=O)c2ccccc2Cl)[nH]1. The zero-order chi connectivity index (χ0) is 12.4. The zero-order valence-corrected chi connectivity index (χ0v) is 9.90. The highest BCUT2D eigenvalue weighted by Crippen LogP contribution is 2.29. The van der Waals surface area contributed by atoms with Gasteiger partial charge in [0, 0.05) is 11.9 Å². The maximum absolute atomic E-state index is 11.5. The molecule has 1 aromatic heterocycles. The molecule has 0 bridgehead atoms. The van der Waals surface area contributed by atoms with Crippen molar-refractivity contribution < 1.29 is 4.79 Å². The molecule has 2 aromatic rings. The molecule has 0 unspecified atom stereocenters. The minimum atomic E-state index is -0.646. The average molecular weight is 251 g/mol. The van der Waals surface area contributed by atoms with Gasteiger partial charge in [0.2, 0.25) is 5.95 Å². The van der Waals surface area contributed by atoms with Gasteiger partial charge in [-0.3, -0.25) is 0 Å². The van der Waals surface area contributed by atoms with Gasteiger partial charge in [0.1, 0.15) is 0 Å². The number of aromatic nitrogens is 2. The molecule has 0 saturated heterocycles. The largest absolute Gasteiger partial charge is 0.351 e. The van der Waals surface area contributed by atoms with E-state index in [1.165, 1.54) is 4.90 Å². The summed E-state index contributed by atoms with van der Waals surface area (Å²) in [4.78, 5) is 19.7. The minimum Gasteiger partial charge on any atom is -0.351 e. The second kappa shape index (κ2) is 4.47. The predicted molar refractivity (Wildman–Crippen MR) is 66.5 cm³/mol. The van der Waals surface area contributed by atoms with Crippen molar-refractivity contribution in [3.8, 4) is 0 Å². The Kier molecular flexibility index (Phi) is 3.01. The molecule has 1 heterocycles. The molecule has 0 aliphatic heterocycles. The molecule has 0 aliphatic rings. The van der Waals surface area contributed by atoms with Crippen LogP contribution in [0.15, 0.2) is 30.5 Å². The van der Waals surface area contributed by atoms with Crippen LogP contribution in [0.1, 0.15) is 5.69 Å². The second-order valence-electron chi connectivity index (χ2n) is 3.51. The summed E-state index contributed by atoms with van der Waals surface area (Å²) in [5.74, 6) is 0.350. The molecule has 6 heteroatoms. The van der Waals surface area contributed by atoms with Crippen molar-refractivity contribution in [1.29, 1.82) is 0 Å². The molecule has 1 aromatic carbocycles. The van der Waals surface area contributed by atoms with Crippen molar-refractivity contribution in [2.45, 2.75) is 6.92 Å². The van der Waals surface area contributed by atoms with E-state index in [0.29, 0.717) is 16.7 Å². The Bertz CT molecular complexity index is 552. The third-order valence-corrected chi connectivity index (χ3v) is 2.53. The summed E-state index contributed by atoms with van der Waals surface area (Å²) in [5.41, 5.74) is 6.68. The van der Waals surface area contributed by atoms with E-state index in [4.69, 9.17) is 17.3 Å². The molecule has 17 heavy (non-hydrogen) atoms. The van der Waals surface area contributed by atoms with Gasteiger partial charge in [0.05, 0.1) is 10.7 Å². The topological polar surface area (TPSA) is 75.0 Å². The van der Waals surface area contributed by atoms with E-state index in [1.807, 2.05) is 6.92 Å². The molecular formula is C11H11ClN4O. The number of aromatic amines is 1. The molecule has 0 fully saturated rings. The normalized spacial score (nSPS) is 10.2. The highest BCUT2D eigenvalue weighted by molar-refractivity contribution is 6.34. The third kappa shape index (κ3) is 2.24. The first-order valence-corrected chi connectivity index (χ1v) is 5.33. The molecule has 2 amide bonds. The van der Waals surface area contributed by atoms with Crippen LogP contribution in [0.4, 0.5) is 16.4 Å². The van der Waals surface area contributed by atoms with Crippen LogP contribution in [-0.2, 0) is 0 Å². The van der Waals surface area contributed by atoms with E-state index in [1.54, 1.807) is 30.5 Å². The number of rotatable bonds is 2. The van der Waals surface area contributed by atoms with Crippen LogP contribution >= 0.6 is 11.6 Å². The Hall–Kier alpha value is -2.01. The number of hydrogen-bond donors (Lipinski definition) is 2. The van der Waals surface area contributed by atoms with Gasteiger partial charge < -0.3 is 10.7 Å². The number of nitrogens with two attached hydrogens (primary N) is 1. The van der Waals surface area contributed by atoms with E-state index in [9.17, 15) is 4.79 Å². The molecule has 2 rings (SSSR count). The number of hydrogen-bond acceptors (Lipinski definition) is 2. The van der Waals surface area contributed by atoms with Gasteiger partial charge >= 0.3 is 6.03 Å². The van der Waals surface area contributed by atoms with Gasteiger partial charge in [-0.1, -0.05) is 23.7 Å². The number of urea groups is 1. The Morgan fingerprint density at radius 3 is 2.71 bits per heavy atom. The monoisotopic (exact) mass is 250 g/mol. The standard InChI is InChI=1S/C11H11ClN4O/c1-7-6-14-11(15-7)16(10(13)17)9-5-3-2-4-8(9)12/h2-6H,1H3,(H2,13,17)(H,14,15).